The third-order valence-corrected chi connectivity index (χ3v) is 8.25. The predicted molar refractivity (Wildman–Crippen MR) is 155 cm³/mol. The molecule has 1 aromatic carbocycles. The molecule has 0 unspecified atom stereocenters. The molecule has 2 aliphatic heterocycles. The molecular formula is C29H32BrN3O5S. The minimum Gasteiger partial charge on any atom is -0.494 e. The number of anilines is 1. The molecule has 0 N–H and O–H groups in total. The van der Waals surface area contributed by atoms with Crippen molar-refractivity contribution in [2.75, 3.05) is 24.6 Å². The number of halogens is 1. The Morgan fingerprint density at radius 2 is 1.95 bits per heavy atom. The van der Waals surface area contributed by atoms with Crippen LogP contribution in [-0.4, -0.2) is 36.3 Å². The standard InChI is InChI=1S/C29H32BrN3O5S/c1-5-36-20-11-9-19(10-12-20)25-24(28(35)37-17(2)3)18(4)31-29-33(25)26(34)23(39-29)16-21-15-22(30)27(38-21)32-13-7-6-8-14-32/h9-12,15-17,25H,5-8,13-14H2,1-4H3/b23-16+/t25-/m1/s1. The summed E-state index contributed by atoms with van der Waals surface area (Å²) in [6, 6.07) is 8.65. The SMILES string of the molecule is CCOc1ccc([C@@H]2C(C(=O)OC(C)C)=C(C)N=c3s/c(=C/c4cc(Br)c(N5CCCCC5)o4)c(=O)n32)cc1. The summed E-state index contributed by atoms with van der Waals surface area (Å²) in [6.45, 7) is 9.75. The van der Waals surface area contributed by atoms with Crippen LogP contribution < -0.4 is 24.5 Å². The third kappa shape index (κ3) is 5.63. The van der Waals surface area contributed by atoms with Crippen LogP contribution in [0, 0.1) is 0 Å². The van der Waals surface area contributed by atoms with Gasteiger partial charge in [0, 0.05) is 25.2 Å². The van der Waals surface area contributed by atoms with Gasteiger partial charge in [0.25, 0.3) is 5.56 Å². The molecular weight excluding hydrogens is 582 g/mol. The molecule has 2 aromatic heterocycles. The number of benzene rings is 1. The second kappa shape index (κ2) is 11.6. The minimum atomic E-state index is -0.683. The van der Waals surface area contributed by atoms with Crippen molar-refractivity contribution < 1.29 is 18.7 Å². The zero-order chi connectivity index (χ0) is 27.7. The molecule has 1 saturated heterocycles. The Hall–Kier alpha value is -3.11. The molecule has 10 heteroatoms. The van der Waals surface area contributed by atoms with E-state index in [0.717, 1.165) is 41.9 Å². The summed E-state index contributed by atoms with van der Waals surface area (Å²) in [4.78, 5) is 34.6. The van der Waals surface area contributed by atoms with Gasteiger partial charge in [-0.3, -0.25) is 9.36 Å². The molecule has 5 rings (SSSR count). The number of thiazole rings is 1. The van der Waals surface area contributed by atoms with Crippen LogP contribution in [0.1, 0.15) is 64.3 Å². The Morgan fingerprint density at radius 1 is 1.23 bits per heavy atom. The molecule has 4 heterocycles. The van der Waals surface area contributed by atoms with Gasteiger partial charge in [0.2, 0.25) is 5.88 Å². The van der Waals surface area contributed by atoms with Crippen molar-refractivity contribution in [3.63, 3.8) is 0 Å². The molecule has 0 amide bonds. The Balaban J connectivity index is 1.61. The van der Waals surface area contributed by atoms with E-state index >= 15 is 0 Å². The lowest BCUT2D eigenvalue weighted by molar-refractivity contribution is -0.143. The summed E-state index contributed by atoms with van der Waals surface area (Å²) < 4.78 is 20.3. The number of fused-ring (bicyclic) bond motifs is 1. The highest BCUT2D eigenvalue weighted by Crippen LogP contribution is 2.33. The summed E-state index contributed by atoms with van der Waals surface area (Å²) in [5.74, 6) is 1.60. The first kappa shape index (κ1) is 27.5. The number of hydrogen-bond donors (Lipinski definition) is 0. The number of allylic oxidation sites excluding steroid dienone is 1. The first-order chi connectivity index (χ1) is 18.8. The number of ether oxygens (including phenoxy) is 2. The molecule has 3 aromatic rings. The molecule has 39 heavy (non-hydrogen) atoms. The van der Waals surface area contributed by atoms with Crippen molar-refractivity contribution in [1.29, 1.82) is 0 Å². The molecule has 0 aliphatic carbocycles. The van der Waals surface area contributed by atoms with E-state index in [4.69, 9.17) is 13.9 Å². The summed E-state index contributed by atoms with van der Waals surface area (Å²) in [5, 5.41) is 0. The maximum absolute atomic E-state index is 13.9. The van der Waals surface area contributed by atoms with E-state index in [0.29, 0.717) is 38.7 Å². The second-order valence-corrected chi connectivity index (χ2v) is 11.8. The Kier molecular flexibility index (Phi) is 8.13. The van der Waals surface area contributed by atoms with Gasteiger partial charge in [0.05, 0.1) is 39.0 Å². The zero-order valence-corrected chi connectivity index (χ0v) is 24.9. The largest absolute Gasteiger partial charge is 0.494 e. The lowest BCUT2D eigenvalue weighted by atomic mass is 9.96. The van der Waals surface area contributed by atoms with E-state index in [1.165, 1.54) is 17.8 Å². The number of furan rings is 1. The van der Waals surface area contributed by atoms with E-state index in [9.17, 15) is 9.59 Å². The van der Waals surface area contributed by atoms with Gasteiger partial charge in [-0.15, -0.1) is 0 Å². The van der Waals surface area contributed by atoms with Crippen molar-refractivity contribution >= 4 is 45.2 Å². The van der Waals surface area contributed by atoms with Gasteiger partial charge in [-0.05, 0) is 80.6 Å². The Morgan fingerprint density at radius 3 is 2.62 bits per heavy atom. The van der Waals surface area contributed by atoms with Crippen molar-refractivity contribution in [2.45, 2.75) is 59.1 Å². The normalized spacial score (nSPS) is 17.8. The van der Waals surface area contributed by atoms with Crippen LogP contribution in [-0.2, 0) is 9.53 Å². The zero-order valence-electron chi connectivity index (χ0n) is 22.5. The highest BCUT2D eigenvalue weighted by molar-refractivity contribution is 9.10. The van der Waals surface area contributed by atoms with E-state index in [-0.39, 0.29) is 11.7 Å². The lowest BCUT2D eigenvalue weighted by Crippen LogP contribution is -2.40. The van der Waals surface area contributed by atoms with Gasteiger partial charge in [-0.1, -0.05) is 23.5 Å². The van der Waals surface area contributed by atoms with E-state index in [2.05, 4.69) is 25.8 Å². The maximum Gasteiger partial charge on any atom is 0.338 e. The summed E-state index contributed by atoms with van der Waals surface area (Å²) in [6.07, 6.45) is 4.93. The first-order valence-electron chi connectivity index (χ1n) is 13.3. The van der Waals surface area contributed by atoms with E-state index in [1.807, 2.05) is 37.3 Å². The van der Waals surface area contributed by atoms with Crippen LogP contribution in [0.15, 0.2) is 60.3 Å². The fraction of sp³-hybridized carbons (Fsp3) is 0.414. The molecule has 2 aliphatic rings. The van der Waals surface area contributed by atoms with Gasteiger partial charge in [0.1, 0.15) is 11.5 Å². The van der Waals surface area contributed by atoms with Gasteiger partial charge >= 0.3 is 5.97 Å². The fourth-order valence-corrected chi connectivity index (χ4v) is 6.56. The second-order valence-electron chi connectivity index (χ2n) is 9.89. The van der Waals surface area contributed by atoms with Gasteiger partial charge < -0.3 is 18.8 Å². The van der Waals surface area contributed by atoms with Crippen molar-refractivity contribution in [3.8, 4) is 5.75 Å². The smallest absolute Gasteiger partial charge is 0.338 e. The summed E-state index contributed by atoms with van der Waals surface area (Å²) in [7, 11) is 0. The molecule has 206 valence electrons. The van der Waals surface area contributed by atoms with Crippen LogP contribution in [0.2, 0.25) is 0 Å². The predicted octanol–water partition coefficient (Wildman–Crippen LogP) is 4.93. The molecule has 1 atom stereocenters. The minimum absolute atomic E-state index is 0.243. The van der Waals surface area contributed by atoms with Crippen molar-refractivity contribution in [3.05, 3.63) is 77.1 Å². The van der Waals surface area contributed by atoms with E-state index in [1.54, 1.807) is 31.4 Å². The molecule has 1 fully saturated rings. The molecule has 0 radical (unpaired) electrons. The maximum atomic E-state index is 13.9. The third-order valence-electron chi connectivity index (χ3n) is 6.70. The van der Waals surface area contributed by atoms with Crippen LogP contribution >= 0.6 is 27.3 Å². The van der Waals surface area contributed by atoms with Crippen LogP contribution in [0.3, 0.4) is 0 Å². The number of piperidine rings is 1. The summed E-state index contributed by atoms with van der Waals surface area (Å²) >= 11 is 4.90. The topological polar surface area (TPSA) is 86.3 Å². The number of carbonyl (C=O) groups is 1. The van der Waals surface area contributed by atoms with Crippen LogP contribution in [0.25, 0.3) is 6.08 Å². The molecule has 8 nitrogen and oxygen atoms in total. The van der Waals surface area contributed by atoms with Crippen LogP contribution in [0.4, 0.5) is 5.88 Å². The quantitative estimate of drug-likeness (QED) is 0.351. The van der Waals surface area contributed by atoms with Gasteiger partial charge in [-0.25, -0.2) is 9.79 Å². The number of nitrogens with zero attached hydrogens (tertiary/aromatic N) is 3. The fourth-order valence-electron chi connectivity index (χ4n) is 4.98. The van der Waals surface area contributed by atoms with Crippen molar-refractivity contribution in [1.82, 2.24) is 4.57 Å². The van der Waals surface area contributed by atoms with Crippen LogP contribution in [0.5, 0.6) is 5.75 Å². The number of hydrogen-bond acceptors (Lipinski definition) is 8. The summed E-state index contributed by atoms with van der Waals surface area (Å²) in [5.41, 5.74) is 1.40. The monoisotopic (exact) mass is 613 g/mol. The number of aromatic nitrogens is 1. The van der Waals surface area contributed by atoms with Crippen molar-refractivity contribution in [2.24, 2.45) is 4.99 Å². The highest BCUT2D eigenvalue weighted by atomic mass is 79.9. The lowest BCUT2D eigenvalue weighted by Gasteiger charge is -2.26. The van der Waals surface area contributed by atoms with Gasteiger partial charge in [-0.2, -0.15) is 0 Å². The average molecular weight is 615 g/mol. The van der Waals surface area contributed by atoms with E-state index < -0.39 is 12.0 Å². The number of carbonyl (C=O) groups excluding carboxylic acids is 1. The Labute approximate surface area is 239 Å². The molecule has 0 bridgehead atoms. The first-order valence-corrected chi connectivity index (χ1v) is 14.9. The average Bonchev–Trinajstić information content (AvgIpc) is 3.42. The Bertz CT molecular complexity index is 1580. The molecule has 0 saturated carbocycles. The number of rotatable bonds is 7. The number of esters is 1. The van der Waals surface area contributed by atoms with Gasteiger partial charge in [0.15, 0.2) is 4.80 Å². The molecule has 0 spiro atoms. The highest BCUT2D eigenvalue weighted by Gasteiger charge is 2.34.